The standard InChI is InChI=1S/C15H9ClN2O.ClH/c16-10-5-6-13-12(7-10)15(19)17-14-11-4-2-1-3-9(11)8-18(13)14;/h1-7H,8H2;1H. The van der Waals surface area contributed by atoms with Crippen molar-refractivity contribution in [3.63, 3.8) is 0 Å². The van der Waals surface area contributed by atoms with Crippen molar-refractivity contribution in [1.29, 1.82) is 0 Å². The maximum atomic E-state index is 12.1. The van der Waals surface area contributed by atoms with Crippen LogP contribution in [0.25, 0.3) is 22.3 Å². The lowest BCUT2D eigenvalue weighted by Crippen LogP contribution is -2.13. The molecule has 0 saturated heterocycles. The topological polar surface area (TPSA) is 34.9 Å². The van der Waals surface area contributed by atoms with E-state index in [-0.39, 0.29) is 18.0 Å². The Morgan fingerprint density at radius 1 is 1.15 bits per heavy atom. The second-order valence-corrected chi connectivity index (χ2v) is 5.08. The fourth-order valence-corrected chi connectivity index (χ4v) is 2.83. The van der Waals surface area contributed by atoms with Gasteiger partial charge in [0.15, 0.2) is 0 Å². The quantitative estimate of drug-likeness (QED) is 0.498. The van der Waals surface area contributed by atoms with Crippen molar-refractivity contribution >= 4 is 34.9 Å². The van der Waals surface area contributed by atoms with Crippen LogP contribution in [0, 0.1) is 0 Å². The lowest BCUT2D eigenvalue weighted by atomic mass is 10.1. The average Bonchev–Trinajstić information content (AvgIpc) is 2.78. The fraction of sp³-hybridized carbons (Fsp3) is 0.0667. The predicted octanol–water partition coefficient (Wildman–Crippen LogP) is 3.50. The number of nitrogens with zero attached hydrogens (tertiary/aromatic N) is 2. The van der Waals surface area contributed by atoms with E-state index in [9.17, 15) is 4.79 Å². The second-order valence-electron chi connectivity index (χ2n) is 4.65. The van der Waals surface area contributed by atoms with E-state index in [1.54, 1.807) is 12.1 Å². The van der Waals surface area contributed by atoms with E-state index < -0.39 is 0 Å². The van der Waals surface area contributed by atoms with Crippen molar-refractivity contribution in [2.24, 2.45) is 0 Å². The Kier molecular flexibility index (Phi) is 3.04. The van der Waals surface area contributed by atoms with Crippen molar-refractivity contribution in [3.8, 4) is 11.4 Å². The Balaban J connectivity index is 0.00000121. The minimum atomic E-state index is -0.222. The summed E-state index contributed by atoms with van der Waals surface area (Å²) in [6.45, 7) is 0.747. The number of benzene rings is 2. The van der Waals surface area contributed by atoms with Gasteiger partial charge in [0.05, 0.1) is 17.4 Å². The van der Waals surface area contributed by atoms with Crippen LogP contribution >= 0.6 is 24.0 Å². The molecule has 1 aromatic heterocycles. The molecule has 0 saturated carbocycles. The van der Waals surface area contributed by atoms with Crippen LogP contribution in [0.2, 0.25) is 5.02 Å². The summed E-state index contributed by atoms with van der Waals surface area (Å²) in [5.74, 6) is 0.746. The highest BCUT2D eigenvalue weighted by atomic mass is 35.5. The number of aromatic nitrogens is 2. The van der Waals surface area contributed by atoms with Crippen LogP contribution in [0.5, 0.6) is 0 Å². The Morgan fingerprint density at radius 3 is 2.80 bits per heavy atom. The van der Waals surface area contributed by atoms with Gasteiger partial charge < -0.3 is 4.57 Å². The van der Waals surface area contributed by atoms with Gasteiger partial charge >= 0.3 is 0 Å². The highest BCUT2D eigenvalue weighted by Gasteiger charge is 2.21. The van der Waals surface area contributed by atoms with E-state index in [0.29, 0.717) is 10.4 Å². The molecular weight excluding hydrogens is 295 g/mol. The molecule has 0 fully saturated rings. The first-order valence-electron chi connectivity index (χ1n) is 6.02. The first-order chi connectivity index (χ1) is 9.24. The van der Waals surface area contributed by atoms with Gasteiger partial charge in [-0.1, -0.05) is 35.9 Å². The summed E-state index contributed by atoms with van der Waals surface area (Å²) in [4.78, 5) is 16.3. The molecule has 4 rings (SSSR count). The molecule has 0 radical (unpaired) electrons. The largest absolute Gasteiger partial charge is 0.321 e. The normalized spacial score (nSPS) is 11.8. The molecule has 3 aromatic rings. The van der Waals surface area contributed by atoms with Gasteiger partial charge in [0.25, 0.3) is 5.56 Å². The molecule has 0 atom stereocenters. The van der Waals surface area contributed by atoms with Gasteiger partial charge in [-0.2, -0.15) is 4.98 Å². The number of hydrogen-bond acceptors (Lipinski definition) is 2. The van der Waals surface area contributed by atoms with Gasteiger partial charge in [0.2, 0.25) is 0 Å². The van der Waals surface area contributed by atoms with Gasteiger partial charge in [0.1, 0.15) is 5.82 Å². The smallest absolute Gasteiger partial charge is 0.281 e. The molecule has 5 heteroatoms. The first kappa shape index (κ1) is 13.2. The summed E-state index contributed by atoms with van der Waals surface area (Å²) < 4.78 is 2.07. The maximum Gasteiger partial charge on any atom is 0.281 e. The Labute approximate surface area is 126 Å². The summed E-state index contributed by atoms with van der Waals surface area (Å²) in [7, 11) is 0. The summed E-state index contributed by atoms with van der Waals surface area (Å²) >= 11 is 5.95. The molecule has 20 heavy (non-hydrogen) atoms. The number of rotatable bonds is 0. The van der Waals surface area contributed by atoms with E-state index in [1.807, 2.05) is 24.3 Å². The van der Waals surface area contributed by atoms with E-state index in [1.165, 1.54) is 5.56 Å². The van der Waals surface area contributed by atoms with Crippen LogP contribution in [0.1, 0.15) is 5.56 Å². The summed E-state index contributed by atoms with van der Waals surface area (Å²) in [5.41, 5.74) is 2.89. The fourth-order valence-electron chi connectivity index (χ4n) is 2.66. The first-order valence-corrected chi connectivity index (χ1v) is 6.40. The van der Waals surface area contributed by atoms with E-state index in [2.05, 4.69) is 15.6 Å². The van der Waals surface area contributed by atoms with Crippen LogP contribution in [-0.2, 0) is 6.54 Å². The second kappa shape index (κ2) is 4.62. The zero-order chi connectivity index (χ0) is 13.0. The maximum absolute atomic E-state index is 12.1. The lowest BCUT2D eigenvalue weighted by molar-refractivity contribution is 0.853. The van der Waals surface area contributed by atoms with E-state index >= 15 is 0 Å². The Bertz CT molecular complexity index is 887. The third-order valence-corrected chi connectivity index (χ3v) is 3.76. The van der Waals surface area contributed by atoms with Crippen LogP contribution in [-0.4, -0.2) is 9.55 Å². The highest BCUT2D eigenvalue weighted by molar-refractivity contribution is 6.31. The molecule has 0 bridgehead atoms. The Morgan fingerprint density at radius 2 is 1.95 bits per heavy atom. The number of hydrogen-bond donors (Lipinski definition) is 0. The summed E-state index contributed by atoms with van der Waals surface area (Å²) in [5, 5.41) is 1.13. The van der Waals surface area contributed by atoms with Crippen LogP contribution in [0.15, 0.2) is 47.3 Å². The molecular formula is C15H10Cl2N2O. The predicted molar refractivity (Wildman–Crippen MR) is 82.8 cm³/mol. The van der Waals surface area contributed by atoms with Crippen molar-refractivity contribution in [1.82, 2.24) is 9.55 Å². The van der Waals surface area contributed by atoms with Gasteiger partial charge in [-0.3, -0.25) is 4.79 Å². The van der Waals surface area contributed by atoms with Crippen molar-refractivity contribution < 1.29 is 0 Å². The van der Waals surface area contributed by atoms with Gasteiger partial charge in [-0.05, 0) is 23.8 Å². The molecule has 2 aromatic carbocycles. The molecule has 0 spiro atoms. The van der Waals surface area contributed by atoms with Crippen molar-refractivity contribution in [3.05, 3.63) is 63.4 Å². The lowest BCUT2D eigenvalue weighted by Gasteiger charge is -2.08. The molecule has 0 unspecified atom stereocenters. The molecule has 1 aliphatic rings. The third kappa shape index (κ3) is 1.74. The van der Waals surface area contributed by atoms with Gasteiger partial charge in [0, 0.05) is 10.6 Å². The molecule has 0 aliphatic carbocycles. The SMILES string of the molecule is Cl.O=c1nc2n(c3ccc(Cl)cc13)Cc1ccccc1-2. The Hall–Kier alpha value is -1.84. The van der Waals surface area contributed by atoms with E-state index in [0.717, 1.165) is 23.4 Å². The van der Waals surface area contributed by atoms with Crippen LogP contribution in [0.4, 0.5) is 0 Å². The van der Waals surface area contributed by atoms with Gasteiger partial charge in [-0.15, -0.1) is 12.4 Å². The molecule has 3 nitrogen and oxygen atoms in total. The minimum absolute atomic E-state index is 0. The third-order valence-electron chi connectivity index (χ3n) is 3.53. The van der Waals surface area contributed by atoms with E-state index in [4.69, 9.17) is 11.6 Å². The van der Waals surface area contributed by atoms with Crippen molar-refractivity contribution in [2.45, 2.75) is 6.54 Å². The molecule has 0 amide bonds. The average molecular weight is 305 g/mol. The monoisotopic (exact) mass is 304 g/mol. The minimum Gasteiger partial charge on any atom is -0.321 e. The molecule has 0 N–H and O–H groups in total. The molecule has 2 heterocycles. The van der Waals surface area contributed by atoms with Gasteiger partial charge in [-0.25, -0.2) is 0 Å². The van der Waals surface area contributed by atoms with Crippen molar-refractivity contribution in [2.75, 3.05) is 0 Å². The number of halogens is 2. The zero-order valence-corrected chi connectivity index (χ0v) is 11.9. The summed E-state index contributed by atoms with van der Waals surface area (Å²) in [6, 6.07) is 13.4. The molecule has 100 valence electrons. The van der Waals surface area contributed by atoms with Crippen LogP contribution in [0.3, 0.4) is 0 Å². The van der Waals surface area contributed by atoms with Crippen LogP contribution < -0.4 is 5.56 Å². The zero-order valence-electron chi connectivity index (χ0n) is 10.3. The molecule has 1 aliphatic heterocycles. The highest BCUT2D eigenvalue weighted by Crippen LogP contribution is 2.32. The summed E-state index contributed by atoms with van der Waals surface area (Å²) in [6.07, 6.45) is 0. The number of fused-ring (bicyclic) bond motifs is 5.